The van der Waals surface area contributed by atoms with Crippen molar-refractivity contribution in [3.8, 4) is 0 Å². The summed E-state index contributed by atoms with van der Waals surface area (Å²) in [5.41, 5.74) is 0.514. The number of allylic oxidation sites excluding steroid dienone is 1. The summed E-state index contributed by atoms with van der Waals surface area (Å²) in [7, 11) is -3.31. The Kier molecular flexibility index (Phi) is 6.78. The van der Waals surface area contributed by atoms with Gasteiger partial charge in [0.1, 0.15) is 20.1 Å². The molecule has 0 radical (unpaired) electrons. The first-order valence-electron chi connectivity index (χ1n) is 9.61. The van der Waals surface area contributed by atoms with E-state index in [2.05, 4.69) is 26.9 Å². The third-order valence-corrected chi connectivity index (χ3v) is 8.32. The molecule has 0 bridgehead atoms. The van der Waals surface area contributed by atoms with E-state index in [1.54, 1.807) is 24.8 Å². The number of halogens is 1. The van der Waals surface area contributed by atoms with Crippen LogP contribution in [0, 0.1) is 5.92 Å². The molecule has 0 spiro atoms. The molecule has 0 saturated heterocycles. The van der Waals surface area contributed by atoms with Gasteiger partial charge in [-0.25, -0.2) is 23.4 Å². The van der Waals surface area contributed by atoms with Gasteiger partial charge in [-0.3, -0.25) is 9.69 Å². The van der Waals surface area contributed by atoms with Crippen molar-refractivity contribution in [2.75, 3.05) is 5.75 Å². The number of hydrogen-bond donors (Lipinski definition) is 1. The van der Waals surface area contributed by atoms with E-state index in [0.29, 0.717) is 22.5 Å². The van der Waals surface area contributed by atoms with E-state index in [-0.39, 0.29) is 39.4 Å². The molecule has 1 aromatic rings. The van der Waals surface area contributed by atoms with E-state index in [9.17, 15) is 13.2 Å². The molecule has 1 atom stereocenters. The third kappa shape index (κ3) is 4.81. The van der Waals surface area contributed by atoms with Gasteiger partial charge < -0.3 is 5.32 Å². The summed E-state index contributed by atoms with van der Waals surface area (Å²) in [5.74, 6) is 0.651. The number of nitrogens with zero attached hydrogens (tertiary/aromatic N) is 4. The zero-order valence-corrected chi connectivity index (χ0v) is 19.4. The Balaban J connectivity index is 1.86. The summed E-state index contributed by atoms with van der Waals surface area (Å²) in [5, 5.41) is 3.64. The highest BCUT2D eigenvalue weighted by Gasteiger charge is 2.41. The van der Waals surface area contributed by atoms with Crippen LogP contribution in [0.5, 0.6) is 0 Å². The molecule has 162 valence electrons. The number of rotatable bonds is 7. The van der Waals surface area contributed by atoms with Crippen molar-refractivity contribution in [1.29, 1.82) is 0 Å². The Morgan fingerprint density at radius 1 is 1.53 bits per heavy atom. The summed E-state index contributed by atoms with van der Waals surface area (Å²) < 4.78 is 24.2. The lowest BCUT2D eigenvalue weighted by atomic mass is 10.1. The average molecular weight is 470 g/mol. The summed E-state index contributed by atoms with van der Waals surface area (Å²) in [6.07, 6.45) is 5.22. The zero-order chi connectivity index (χ0) is 22.1. The van der Waals surface area contributed by atoms with E-state index in [1.807, 2.05) is 6.92 Å². The Labute approximate surface area is 185 Å². The largest absolute Gasteiger partial charge is 0.359 e. The molecule has 3 rings (SSSR count). The molecule has 1 saturated carbocycles. The molecule has 1 N–H and O–H groups in total. The molecule has 1 amide bonds. The monoisotopic (exact) mass is 469 g/mol. The SMILES string of the molecule is C=C(Cl)/N=C1\C(=C/C)N=C(NCc2ncc(S(=O)(=O)CC)s2)C(=O)N1[C@@H](C)C1CC1. The predicted octanol–water partition coefficient (Wildman–Crippen LogP) is 3.08. The van der Waals surface area contributed by atoms with Crippen LogP contribution in [0.15, 0.2) is 43.9 Å². The van der Waals surface area contributed by atoms with Crippen LogP contribution in [0.4, 0.5) is 0 Å². The Bertz CT molecular complexity index is 1050. The van der Waals surface area contributed by atoms with Crippen molar-refractivity contribution in [1.82, 2.24) is 15.2 Å². The van der Waals surface area contributed by atoms with Crippen LogP contribution >= 0.6 is 22.9 Å². The minimum atomic E-state index is -3.31. The van der Waals surface area contributed by atoms with Gasteiger partial charge >= 0.3 is 0 Å². The van der Waals surface area contributed by atoms with Crippen molar-refractivity contribution in [3.05, 3.63) is 34.7 Å². The van der Waals surface area contributed by atoms with Gasteiger partial charge in [-0.05, 0) is 32.6 Å². The fourth-order valence-corrected chi connectivity index (χ4v) is 5.39. The smallest absolute Gasteiger partial charge is 0.295 e. The van der Waals surface area contributed by atoms with Gasteiger partial charge in [0.25, 0.3) is 5.91 Å². The molecule has 0 aromatic carbocycles. The number of amides is 1. The number of sulfone groups is 1. The van der Waals surface area contributed by atoms with Crippen molar-refractivity contribution >= 4 is 50.4 Å². The van der Waals surface area contributed by atoms with Gasteiger partial charge in [0.2, 0.25) is 0 Å². The molecule has 1 fully saturated rings. The molecule has 1 aliphatic heterocycles. The molecule has 2 aliphatic rings. The normalized spacial score (nSPS) is 21.1. The van der Waals surface area contributed by atoms with Gasteiger partial charge in [0.05, 0.1) is 18.5 Å². The van der Waals surface area contributed by atoms with Crippen molar-refractivity contribution < 1.29 is 13.2 Å². The summed E-state index contributed by atoms with van der Waals surface area (Å²) >= 11 is 6.99. The minimum absolute atomic E-state index is 0.0138. The van der Waals surface area contributed by atoms with Crippen molar-refractivity contribution in [2.45, 2.75) is 50.4 Å². The summed E-state index contributed by atoms with van der Waals surface area (Å²) in [6, 6.07) is -0.0596. The van der Waals surface area contributed by atoms with E-state index in [0.717, 1.165) is 24.2 Å². The summed E-state index contributed by atoms with van der Waals surface area (Å²) in [6.45, 7) is 9.18. The van der Waals surface area contributed by atoms with Crippen LogP contribution in [0.1, 0.15) is 38.6 Å². The molecular formula is C19H24ClN5O3S2. The first-order chi connectivity index (χ1) is 14.2. The second-order valence-corrected chi connectivity index (χ2v) is 11.1. The molecule has 8 nitrogen and oxygen atoms in total. The van der Waals surface area contributed by atoms with E-state index >= 15 is 0 Å². The lowest BCUT2D eigenvalue weighted by Gasteiger charge is -2.34. The van der Waals surface area contributed by atoms with Crippen molar-refractivity contribution in [2.24, 2.45) is 15.9 Å². The van der Waals surface area contributed by atoms with Crippen LogP contribution < -0.4 is 5.32 Å². The van der Waals surface area contributed by atoms with Crippen LogP contribution in [-0.4, -0.2) is 47.7 Å². The quantitative estimate of drug-likeness (QED) is 0.618. The maximum Gasteiger partial charge on any atom is 0.295 e. The number of carbonyl (C=O) groups excluding carboxylic acids is 1. The zero-order valence-electron chi connectivity index (χ0n) is 17.1. The van der Waals surface area contributed by atoms with Gasteiger partial charge in [0.15, 0.2) is 21.5 Å². The van der Waals surface area contributed by atoms with Crippen LogP contribution in [0.2, 0.25) is 0 Å². The Morgan fingerprint density at radius 3 is 2.80 bits per heavy atom. The molecule has 2 heterocycles. The van der Waals surface area contributed by atoms with Crippen LogP contribution in [0.3, 0.4) is 0 Å². The first-order valence-corrected chi connectivity index (χ1v) is 12.5. The molecular weight excluding hydrogens is 446 g/mol. The number of nitrogens with one attached hydrogen (secondary N) is 1. The number of carbonyl (C=O) groups is 1. The molecule has 0 unspecified atom stereocenters. The second kappa shape index (κ2) is 8.99. The maximum atomic E-state index is 13.2. The maximum absolute atomic E-state index is 13.2. The third-order valence-electron chi connectivity index (χ3n) is 4.95. The topological polar surface area (TPSA) is 104 Å². The van der Waals surface area contributed by atoms with Gasteiger partial charge in [0, 0.05) is 6.04 Å². The first kappa shape index (κ1) is 22.6. The van der Waals surface area contributed by atoms with E-state index in [4.69, 9.17) is 11.6 Å². The van der Waals surface area contributed by atoms with E-state index < -0.39 is 9.84 Å². The van der Waals surface area contributed by atoms with Crippen LogP contribution in [-0.2, 0) is 21.2 Å². The van der Waals surface area contributed by atoms with Gasteiger partial charge in [-0.1, -0.05) is 31.2 Å². The van der Waals surface area contributed by atoms with Gasteiger partial charge in [-0.2, -0.15) is 0 Å². The Morgan fingerprint density at radius 2 is 2.23 bits per heavy atom. The lowest BCUT2D eigenvalue weighted by molar-refractivity contribution is -0.122. The number of aliphatic imine (C=N–C) groups is 2. The number of thiazole rings is 1. The second-order valence-electron chi connectivity index (χ2n) is 7.03. The molecule has 1 aliphatic carbocycles. The van der Waals surface area contributed by atoms with Crippen LogP contribution in [0.25, 0.3) is 0 Å². The summed E-state index contributed by atoms with van der Waals surface area (Å²) in [4.78, 5) is 27.7. The standard InChI is InChI=1S/C19H24ClN5O3S2/c1-5-14-18(23-12(4)20)25(11(3)13-7-8-13)19(26)17(24-14)22-9-15-21-10-16(29-15)30(27,28)6-2/h5,10-11,13H,4,6-9H2,1-3H3,(H,22,24)/b14-5+,23-18+/t11-/m0/s1. The van der Waals surface area contributed by atoms with Gasteiger partial charge in [-0.15, -0.1) is 11.3 Å². The number of hydrogen-bond acceptors (Lipinski definition) is 8. The van der Waals surface area contributed by atoms with Crippen molar-refractivity contribution in [3.63, 3.8) is 0 Å². The highest BCUT2D eigenvalue weighted by Crippen LogP contribution is 2.37. The number of aromatic nitrogens is 1. The molecule has 1 aromatic heterocycles. The number of amidine groups is 2. The Hall–Kier alpha value is -2.04. The fraction of sp³-hybridized carbons (Fsp3) is 0.474. The lowest BCUT2D eigenvalue weighted by Crippen LogP contribution is -2.54. The molecule has 11 heteroatoms. The highest BCUT2D eigenvalue weighted by atomic mass is 35.5. The minimum Gasteiger partial charge on any atom is -0.359 e. The van der Waals surface area contributed by atoms with E-state index in [1.165, 1.54) is 6.20 Å². The predicted molar refractivity (Wildman–Crippen MR) is 119 cm³/mol. The average Bonchev–Trinajstić information content (AvgIpc) is 3.44. The highest BCUT2D eigenvalue weighted by molar-refractivity contribution is 7.93. The molecule has 30 heavy (non-hydrogen) atoms. The fourth-order valence-electron chi connectivity index (χ4n) is 3.07.